The molecule has 0 spiro atoms. The predicted octanol–water partition coefficient (Wildman–Crippen LogP) is 3.88. The Kier molecular flexibility index (Phi) is 10.9. The number of hydroxylamine groups is 2. The van der Waals surface area contributed by atoms with Gasteiger partial charge in [-0.05, 0) is 94.9 Å². The number of carbonyl (C=O) groups excluding carboxylic acids is 1. The Labute approximate surface area is 242 Å². The zero-order valence-electron chi connectivity index (χ0n) is 25.0. The van der Waals surface area contributed by atoms with Gasteiger partial charge in [-0.2, -0.15) is 5.06 Å². The lowest BCUT2D eigenvalue weighted by Crippen LogP contribution is -2.49. The van der Waals surface area contributed by atoms with Gasteiger partial charge in [0.05, 0.1) is 12.7 Å². The number of rotatable bonds is 8. The Bertz CT molecular complexity index is 879. The molecule has 0 aromatic rings. The minimum atomic E-state index is -0.763. The zero-order chi connectivity index (χ0) is 28.1. The molecule has 1 amide bonds. The van der Waals surface area contributed by atoms with E-state index in [9.17, 15) is 15.0 Å². The predicted molar refractivity (Wildman–Crippen MR) is 157 cm³/mol. The van der Waals surface area contributed by atoms with Gasteiger partial charge in [-0.3, -0.25) is 9.63 Å². The second kappa shape index (κ2) is 14.3. The number of hydrogen-bond donors (Lipinski definition) is 4. The minimum Gasteiger partial charge on any atom is -0.396 e. The minimum absolute atomic E-state index is 0.0804. The Balaban J connectivity index is 1.21. The summed E-state index contributed by atoms with van der Waals surface area (Å²) in [6.45, 7) is 6.18. The summed E-state index contributed by atoms with van der Waals surface area (Å²) >= 11 is 0. The van der Waals surface area contributed by atoms with Gasteiger partial charge in [0.2, 0.25) is 5.91 Å². The average molecular weight is 558 g/mol. The molecule has 0 radical (unpaired) electrons. The van der Waals surface area contributed by atoms with E-state index in [1.807, 2.05) is 5.06 Å². The molecule has 3 saturated carbocycles. The van der Waals surface area contributed by atoms with Crippen molar-refractivity contribution in [3.8, 4) is 11.8 Å². The van der Waals surface area contributed by atoms with Crippen LogP contribution in [0.5, 0.6) is 0 Å². The van der Waals surface area contributed by atoms with Crippen LogP contribution in [0.2, 0.25) is 0 Å². The fraction of sp³-hybridized carbons (Fsp3) is 0.909. The molecule has 4 N–H and O–H groups in total. The highest BCUT2D eigenvalue weighted by molar-refractivity contribution is 5.82. The third kappa shape index (κ3) is 7.24. The highest BCUT2D eigenvalue weighted by Crippen LogP contribution is 2.38. The van der Waals surface area contributed by atoms with Crippen LogP contribution in [0.1, 0.15) is 97.3 Å². The Morgan fingerprint density at radius 3 is 2.55 bits per heavy atom. The smallest absolute Gasteiger partial charge is 0.240 e. The summed E-state index contributed by atoms with van der Waals surface area (Å²) in [6, 6.07) is 0.0658. The van der Waals surface area contributed by atoms with Crippen LogP contribution >= 0.6 is 0 Å². The molecule has 5 unspecified atom stereocenters. The molecular weight excluding hydrogens is 502 g/mol. The molecule has 7 nitrogen and oxygen atoms in total. The Morgan fingerprint density at radius 2 is 1.77 bits per heavy atom. The summed E-state index contributed by atoms with van der Waals surface area (Å²) in [4.78, 5) is 19.9. The standard InChI is InChI=1S/C33H55N3O4/c1-22-11-13-24(14-12-22)15-16-25-7-3-4-8-27(25)20-36-31(29(21-37)32(40-36)23(2)38)33(39)34-18-17-26-19-35-30-10-6-5-9-28(26)30/h22-32,35,37-38H,3-14,17-21H2,1-2H3,(H,34,39)/t22?,23-,24?,25?,26?,27?,28?,29-,30?,31-,32-/m1/s1. The van der Waals surface area contributed by atoms with Crippen molar-refractivity contribution >= 4 is 5.91 Å². The summed E-state index contributed by atoms with van der Waals surface area (Å²) in [6.07, 6.45) is 14.4. The van der Waals surface area contributed by atoms with E-state index in [0.29, 0.717) is 42.8 Å². The van der Waals surface area contributed by atoms with Crippen LogP contribution in [0.3, 0.4) is 0 Å². The van der Waals surface area contributed by atoms with Crippen LogP contribution < -0.4 is 10.6 Å². The number of nitrogens with zero attached hydrogens (tertiary/aromatic N) is 1. The van der Waals surface area contributed by atoms with Gasteiger partial charge >= 0.3 is 0 Å². The number of hydrogen-bond acceptors (Lipinski definition) is 6. The molecule has 0 aromatic heterocycles. The van der Waals surface area contributed by atoms with Crippen molar-refractivity contribution < 1.29 is 19.8 Å². The molecule has 5 aliphatic rings. The van der Waals surface area contributed by atoms with E-state index < -0.39 is 24.2 Å². The van der Waals surface area contributed by atoms with E-state index in [-0.39, 0.29) is 12.5 Å². The van der Waals surface area contributed by atoms with Gasteiger partial charge in [-0.15, -0.1) is 0 Å². The number of aliphatic hydroxyl groups excluding tert-OH is 2. The van der Waals surface area contributed by atoms with Crippen molar-refractivity contribution in [1.82, 2.24) is 15.7 Å². The normalized spacial score (nSPS) is 41.1. The quantitative estimate of drug-likeness (QED) is 0.339. The van der Waals surface area contributed by atoms with Crippen LogP contribution in [0.4, 0.5) is 0 Å². The summed E-state index contributed by atoms with van der Waals surface area (Å²) in [5, 5.41) is 29.5. The van der Waals surface area contributed by atoms with Crippen molar-refractivity contribution in [2.75, 3.05) is 26.2 Å². The van der Waals surface area contributed by atoms with Gasteiger partial charge in [0.25, 0.3) is 0 Å². The number of fused-ring (bicyclic) bond motifs is 1. The van der Waals surface area contributed by atoms with Gasteiger partial charge in [-0.1, -0.05) is 44.4 Å². The number of aliphatic hydroxyl groups is 2. The first-order valence-corrected chi connectivity index (χ1v) is 16.7. The van der Waals surface area contributed by atoms with Gasteiger partial charge in [-0.25, -0.2) is 0 Å². The lowest BCUT2D eigenvalue weighted by Gasteiger charge is -2.33. The maximum absolute atomic E-state index is 13.7. The lowest BCUT2D eigenvalue weighted by molar-refractivity contribution is -0.194. The van der Waals surface area contributed by atoms with Crippen LogP contribution in [-0.4, -0.2) is 71.7 Å². The van der Waals surface area contributed by atoms with E-state index in [0.717, 1.165) is 37.6 Å². The van der Waals surface area contributed by atoms with Crippen LogP contribution in [0.15, 0.2) is 0 Å². The maximum Gasteiger partial charge on any atom is 0.240 e. The van der Waals surface area contributed by atoms with Crippen molar-refractivity contribution in [2.45, 2.75) is 122 Å². The van der Waals surface area contributed by atoms with Crippen LogP contribution in [-0.2, 0) is 9.63 Å². The van der Waals surface area contributed by atoms with E-state index in [4.69, 9.17) is 4.84 Å². The van der Waals surface area contributed by atoms with E-state index in [1.165, 1.54) is 64.2 Å². The first kappa shape index (κ1) is 30.3. The van der Waals surface area contributed by atoms with Crippen molar-refractivity contribution in [3.63, 3.8) is 0 Å². The molecule has 5 rings (SSSR count). The van der Waals surface area contributed by atoms with E-state index in [2.05, 4.69) is 29.4 Å². The van der Waals surface area contributed by atoms with Crippen molar-refractivity contribution in [1.29, 1.82) is 0 Å². The maximum atomic E-state index is 13.7. The second-order valence-corrected chi connectivity index (χ2v) is 13.9. The fourth-order valence-electron chi connectivity index (χ4n) is 8.53. The molecule has 40 heavy (non-hydrogen) atoms. The van der Waals surface area contributed by atoms with Gasteiger partial charge in [0, 0.05) is 36.9 Å². The third-order valence-corrected chi connectivity index (χ3v) is 11.0. The van der Waals surface area contributed by atoms with Crippen molar-refractivity contribution in [3.05, 3.63) is 0 Å². The average Bonchev–Trinajstić information content (AvgIpc) is 3.55. The largest absolute Gasteiger partial charge is 0.396 e. The molecule has 2 saturated heterocycles. The number of carbonyl (C=O) groups is 1. The highest BCUT2D eigenvalue weighted by Gasteiger charge is 2.49. The first-order chi connectivity index (χ1) is 19.4. The number of amides is 1. The van der Waals surface area contributed by atoms with Gasteiger partial charge < -0.3 is 20.8 Å². The van der Waals surface area contributed by atoms with E-state index in [1.54, 1.807) is 6.92 Å². The topological polar surface area (TPSA) is 94.1 Å². The Morgan fingerprint density at radius 1 is 1.02 bits per heavy atom. The molecular formula is C33H55N3O4. The molecule has 9 atom stereocenters. The molecule has 226 valence electrons. The second-order valence-electron chi connectivity index (χ2n) is 13.9. The summed E-state index contributed by atoms with van der Waals surface area (Å²) in [5.74, 6) is 10.2. The third-order valence-electron chi connectivity index (χ3n) is 11.0. The molecule has 0 bridgehead atoms. The summed E-state index contributed by atoms with van der Waals surface area (Å²) in [5.41, 5.74) is 0. The fourth-order valence-corrected chi connectivity index (χ4v) is 8.53. The summed E-state index contributed by atoms with van der Waals surface area (Å²) < 4.78 is 0. The van der Waals surface area contributed by atoms with Crippen LogP contribution in [0, 0.1) is 53.3 Å². The summed E-state index contributed by atoms with van der Waals surface area (Å²) in [7, 11) is 0. The van der Waals surface area contributed by atoms with Gasteiger partial charge in [0.15, 0.2) is 0 Å². The monoisotopic (exact) mass is 557 g/mol. The molecule has 2 heterocycles. The van der Waals surface area contributed by atoms with E-state index >= 15 is 0 Å². The molecule has 5 fully saturated rings. The van der Waals surface area contributed by atoms with Crippen LogP contribution in [0.25, 0.3) is 0 Å². The number of nitrogens with one attached hydrogen (secondary N) is 2. The van der Waals surface area contributed by atoms with Gasteiger partial charge in [0.1, 0.15) is 12.1 Å². The molecule has 2 aliphatic heterocycles. The SMILES string of the molecule is CC1CCC(C#CC2CCCCC2CN2O[C@H]([C@@H](C)O)[C@H](CO)[C@@H]2C(=O)NCCC2CNC3CCCCC23)CC1. The molecule has 3 aliphatic carbocycles. The first-order valence-electron chi connectivity index (χ1n) is 16.7. The molecule has 7 heteroatoms. The molecule has 0 aromatic carbocycles. The highest BCUT2D eigenvalue weighted by atomic mass is 16.7. The lowest BCUT2D eigenvalue weighted by atomic mass is 9.78. The zero-order valence-corrected chi connectivity index (χ0v) is 25.0. The Hall–Kier alpha value is -1.17. The van der Waals surface area contributed by atoms with Crippen molar-refractivity contribution in [2.24, 2.45) is 41.4 Å².